The Morgan fingerprint density at radius 1 is 1.32 bits per heavy atom. The first kappa shape index (κ1) is 11.2. The molecule has 5 heteroatoms. The summed E-state index contributed by atoms with van der Waals surface area (Å²) >= 11 is 0. The predicted octanol–water partition coefficient (Wildman–Crippen LogP) is 1.45. The molecule has 0 bridgehead atoms. The van der Waals surface area contributed by atoms with E-state index in [1.165, 1.54) is 25.7 Å². The first-order valence-corrected chi connectivity index (χ1v) is 7.21. The van der Waals surface area contributed by atoms with Crippen molar-refractivity contribution in [2.75, 3.05) is 18.0 Å². The molecule has 2 aromatic rings. The van der Waals surface area contributed by atoms with E-state index in [1.807, 2.05) is 28.9 Å². The third-order valence-electron chi connectivity index (χ3n) is 4.05. The van der Waals surface area contributed by atoms with Gasteiger partial charge < -0.3 is 10.2 Å². The fourth-order valence-electron chi connectivity index (χ4n) is 2.87. The average molecular weight is 257 g/mol. The van der Waals surface area contributed by atoms with Gasteiger partial charge in [0, 0.05) is 24.8 Å². The first-order valence-electron chi connectivity index (χ1n) is 7.21. The maximum atomic E-state index is 4.67. The Labute approximate surface area is 112 Å². The number of rotatable bonds is 4. The van der Waals surface area contributed by atoms with E-state index in [-0.39, 0.29) is 0 Å². The minimum Gasteiger partial charge on any atom is -0.335 e. The van der Waals surface area contributed by atoms with Crippen LogP contribution in [-0.4, -0.2) is 39.8 Å². The van der Waals surface area contributed by atoms with E-state index in [2.05, 4.69) is 20.3 Å². The van der Waals surface area contributed by atoms with Crippen LogP contribution in [0.4, 0.5) is 5.95 Å². The molecule has 1 atom stereocenters. The van der Waals surface area contributed by atoms with Crippen molar-refractivity contribution >= 4 is 11.6 Å². The number of pyridine rings is 1. The molecule has 2 fully saturated rings. The van der Waals surface area contributed by atoms with Crippen molar-refractivity contribution < 1.29 is 0 Å². The smallest absolute Gasteiger partial charge is 0.245 e. The highest BCUT2D eigenvalue weighted by atomic mass is 15.4. The van der Waals surface area contributed by atoms with Crippen LogP contribution >= 0.6 is 0 Å². The van der Waals surface area contributed by atoms with Gasteiger partial charge in [-0.3, -0.25) is 0 Å². The van der Waals surface area contributed by atoms with Gasteiger partial charge in [-0.05, 0) is 44.4 Å². The lowest BCUT2D eigenvalue weighted by atomic mass is 10.2. The maximum Gasteiger partial charge on any atom is 0.245 e. The lowest BCUT2D eigenvalue weighted by Gasteiger charge is -2.24. The monoisotopic (exact) mass is 257 g/mol. The van der Waals surface area contributed by atoms with Crippen LogP contribution in [0.3, 0.4) is 0 Å². The van der Waals surface area contributed by atoms with Gasteiger partial charge in [-0.25, -0.2) is 4.52 Å². The summed E-state index contributed by atoms with van der Waals surface area (Å²) in [4.78, 5) is 7.07. The van der Waals surface area contributed by atoms with Crippen molar-refractivity contribution in [3.63, 3.8) is 0 Å². The number of nitrogens with one attached hydrogen (secondary N) is 1. The molecule has 3 heterocycles. The molecular formula is C14H19N5. The van der Waals surface area contributed by atoms with E-state index in [1.54, 1.807) is 0 Å². The van der Waals surface area contributed by atoms with Crippen LogP contribution in [-0.2, 0) is 0 Å². The van der Waals surface area contributed by atoms with Crippen molar-refractivity contribution in [3.8, 4) is 0 Å². The summed E-state index contributed by atoms with van der Waals surface area (Å²) in [5.74, 6) is 0.891. The molecule has 0 spiro atoms. The minimum atomic E-state index is 0.604. The van der Waals surface area contributed by atoms with Crippen LogP contribution in [0.25, 0.3) is 5.65 Å². The molecule has 0 radical (unpaired) electrons. The molecule has 1 N–H and O–H groups in total. The topological polar surface area (TPSA) is 45.5 Å². The van der Waals surface area contributed by atoms with E-state index in [4.69, 9.17) is 0 Å². The fraction of sp³-hybridized carbons (Fsp3) is 0.571. The highest BCUT2D eigenvalue weighted by Crippen LogP contribution is 2.30. The largest absolute Gasteiger partial charge is 0.335 e. The van der Waals surface area contributed by atoms with Gasteiger partial charge in [0.05, 0.1) is 0 Å². The number of hydrogen-bond acceptors (Lipinski definition) is 4. The number of nitrogens with zero attached hydrogens (tertiary/aromatic N) is 4. The van der Waals surface area contributed by atoms with Gasteiger partial charge in [-0.15, -0.1) is 5.10 Å². The van der Waals surface area contributed by atoms with Crippen molar-refractivity contribution in [2.24, 2.45) is 0 Å². The Kier molecular flexibility index (Phi) is 2.65. The number of hydrogen-bond donors (Lipinski definition) is 1. The Morgan fingerprint density at radius 2 is 2.26 bits per heavy atom. The number of fused-ring (bicyclic) bond motifs is 1. The third kappa shape index (κ3) is 2.18. The van der Waals surface area contributed by atoms with Crippen molar-refractivity contribution in [1.82, 2.24) is 19.9 Å². The highest BCUT2D eigenvalue weighted by molar-refractivity contribution is 5.45. The zero-order chi connectivity index (χ0) is 12.7. The van der Waals surface area contributed by atoms with E-state index < -0.39 is 0 Å². The van der Waals surface area contributed by atoms with Gasteiger partial charge in [0.15, 0.2) is 5.65 Å². The van der Waals surface area contributed by atoms with Crippen LogP contribution in [0, 0.1) is 0 Å². The van der Waals surface area contributed by atoms with Crippen molar-refractivity contribution in [3.05, 3.63) is 24.4 Å². The van der Waals surface area contributed by atoms with Crippen molar-refractivity contribution in [2.45, 2.75) is 37.8 Å². The van der Waals surface area contributed by atoms with Gasteiger partial charge in [0.1, 0.15) is 0 Å². The lowest BCUT2D eigenvalue weighted by molar-refractivity contribution is 0.571. The summed E-state index contributed by atoms with van der Waals surface area (Å²) in [7, 11) is 0. The molecule has 1 saturated carbocycles. The summed E-state index contributed by atoms with van der Waals surface area (Å²) in [5, 5.41) is 8.19. The van der Waals surface area contributed by atoms with Crippen molar-refractivity contribution in [1.29, 1.82) is 0 Å². The predicted molar refractivity (Wildman–Crippen MR) is 74.4 cm³/mol. The quantitative estimate of drug-likeness (QED) is 0.900. The Balaban J connectivity index is 1.61. The van der Waals surface area contributed by atoms with Crippen LogP contribution in [0.15, 0.2) is 24.4 Å². The second kappa shape index (κ2) is 4.49. The Bertz CT molecular complexity index is 535. The molecular weight excluding hydrogens is 238 g/mol. The number of anilines is 1. The normalized spacial score (nSPS) is 23.1. The molecule has 100 valence electrons. The zero-order valence-electron chi connectivity index (χ0n) is 11.0. The molecule has 19 heavy (non-hydrogen) atoms. The summed E-state index contributed by atoms with van der Waals surface area (Å²) in [6.07, 6.45) is 7.09. The van der Waals surface area contributed by atoms with Gasteiger partial charge in [0.25, 0.3) is 0 Å². The zero-order valence-corrected chi connectivity index (χ0v) is 11.0. The molecule has 1 saturated heterocycles. The highest BCUT2D eigenvalue weighted by Gasteiger charge is 2.33. The van der Waals surface area contributed by atoms with Gasteiger partial charge >= 0.3 is 0 Å². The van der Waals surface area contributed by atoms with E-state index in [0.717, 1.165) is 24.7 Å². The van der Waals surface area contributed by atoms with E-state index in [9.17, 15) is 0 Å². The molecule has 4 rings (SSSR count). The van der Waals surface area contributed by atoms with Crippen LogP contribution in [0.1, 0.15) is 25.7 Å². The molecule has 0 aromatic carbocycles. The second-order valence-electron chi connectivity index (χ2n) is 5.59. The first-order chi connectivity index (χ1) is 9.40. The van der Waals surface area contributed by atoms with E-state index in [0.29, 0.717) is 12.1 Å². The standard InChI is InChI=1S/C14H19N5/c1-2-9-19-13(5-1)16-14(17-19)18(12-6-7-12)10-11-4-3-8-15-11/h1-2,5,9,11-12,15H,3-4,6-8,10H2. The molecule has 1 aliphatic heterocycles. The Hall–Kier alpha value is -1.62. The SMILES string of the molecule is c1ccn2nc(N(CC3CCCN3)C3CC3)nc2c1. The summed E-state index contributed by atoms with van der Waals surface area (Å²) in [5.41, 5.74) is 0.933. The van der Waals surface area contributed by atoms with Crippen LogP contribution in [0.2, 0.25) is 0 Å². The molecule has 5 nitrogen and oxygen atoms in total. The summed E-state index contributed by atoms with van der Waals surface area (Å²) in [6.45, 7) is 2.20. The molecule has 0 amide bonds. The average Bonchev–Trinajstić information content (AvgIpc) is 2.99. The third-order valence-corrected chi connectivity index (χ3v) is 4.05. The molecule has 2 aromatic heterocycles. The van der Waals surface area contributed by atoms with Crippen LogP contribution in [0.5, 0.6) is 0 Å². The summed E-state index contributed by atoms with van der Waals surface area (Å²) < 4.78 is 1.87. The summed E-state index contributed by atoms with van der Waals surface area (Å²) in [6, 6.07) is 7.27. The molecule has 2 aliphatic rings. The van der Waals surface area contributed by atoms with Gasteiger partial charge in [0.2, 0.25) is 5.95 Å². The van der Waals surface area contributed by atoms with E-state index >= 15 is 0 Å². The molecule has 1 aliphatic carbocycles. The maximum absolute atomic E-state index is 4.67. The molecule has 1 unspecified atom stereocenters. The fourth-order valence-corrected chi connectivity index (χ4v) is 2.87. The lowest BCUT2D eigenvalue weighted by Crippen LogP contribution is -2.39. The minimum absolute atomic E-state index is 0.604. The van der Waals surface area contributed by atoms with Crippen LogP contribution < -0.4 is 10.2 Å². The Morgan fingerprint density at radius 3 is 3.00 bits per heavy atom. The second-order valence-corrected chi connectivity index (χ2v) is 5.59. The van der Waals surface area contributed by atoms with Gasteiger partial charge in [-0.2, -0.15) is 4.98 Å². The van der Waals surface area contributed by atoms with Gasteiger partial charge in [-0.1, -0.05) is 6.07 Å². The number of aromatic nitrogens is 3.